The van der Waals surface area contributed by atoms with Crippen molar-refractivity contribution in [3.05, 3.63) is 77.6 Å². The lowest BCUT2D eigenvalue weighted by molar-refractivity contribution is 0.0734. The number of carbonyl (C=O) groups is 3. The van der Waals surface area contributed by atoms with E-state index in [1.54, 1.807) is 48.8 Å². The Morgan fingerprint density at radius 3 is 2.17 bits per heavy atom. The maximum absolute atomic E-state index is 13.5. The number of benzene rings is 2. The van der Waals surface area contributed by atoms with E-state index in [1.165, 1.54) is 14.2 Å². The number of anilines is 2. The summed E-state index contributed by atoms with van der Waals surface area (Å²) < 4.78 is 10.7. The number of hydrogen-bond acceptors (Lipinski definition) is 8. The smallest absolute Gasteiger partial charge is 0.255 e. The van der Waals surface area contributed by atoms with E-state index in [9.17, 15) is 14.4 Å². The SMILES string of the molecule is COc1ccc(C(=O)Nc2cc(C(=O)N3CCNCC3)ccc2N2CCCN(C(=O)c3ccncc3)CC2)cc1OC. The van der Waals surface area contributed by atoms with E-state index in [0.717, 1.165) is 25.2 Å². The molecular formula is C31H36N6O5. The molecule has 2 N–H and O–H groups in total. The molecule has 0 bridgehead atoms. The molecule has 0 unspecified atom stereocenters. The highest BCUT2D eigenvalue weighted by atomic mass is 16.5. The zero-order chi connectivity index (χ0) is 29.5. The molecule has 0 radical (unpaired) electrons. The van der Waals surface area contributed by atoms with Gasteiger partial charge in [-0.25, -0.2) is 0 Å². The molecule has 11 nitrogen and oxygen atoms in total. The summed E-state index contributed by atoms with van der Waals surface area (Å²) in [6.45, 7) is 5.13. The minimum atomic E-state index is -0.340. The molecule has 11 heteroatoms. The van der Waals surface area contributed by atoms with Crippen LogP contribution in [0.5, 0.6) is 11.5 Å². The van der Waals surface area contributed by atoms with E-state index in [0.29, 0.717) is 73.1 Å². The van der Waals surface area contributed by atoms with Crippen LogP contribution in [0.15, 0.2) is 60.9 Å². The second-order valence-corrected chi connectivity index (χ2v) is 10.2. The third kappa shape index (κ3) is 6.46. The van der Waals surface area contributed by atoms with Crippen molar-refractivity contribution in [1.82, 2.24) is 20.1 Å². The fourth-order valence-electron chi connectivity index (χ4n) is 5.31. The summed E-state index contributed by atoms with van der Waals surface area (Å²) in [5, 5.41) is 6.31. The summed E-state index contributed by atoms with van der Waals surface area (Å²) in [4.78, 5) is 49.7. The molecule has 0 spiro atoms. The third-order valence-corrected chi connectivity index (χ3v) is 7.59. The molecular weight excluding hydrogens is 536 g/mol. The van der Waals surface area contributed by atoms with Gasteiger partial charge in [-0.1, -0.05) is 0 Å². The maximum Gasteiger partial charge on any atom is 0.255 e. The van der Waals surface area contributed by atoms with Gasteiger partial charge in [0, 0.05) is 81.4 Å². The molecule has 3 aromatic rings. The Balaban J connectivity index is 1.41. The Bertz CT molecular complexity index is 1430. The highest BCUT2D eigenvalue weighted by molar-refractivity contribution is 6.07. The lowest BCUT2D eigenvalue weighted by Crippen LogP contribution is -2.46. The highest BCUT2D eigenvalue weighted by Gasteiger charge is 2.25. The van der Waals surface area contributed by atoms with Gasteiger partial charge in [0.15, 0.2) is 11.5 Å². The number of rotatable bonds is 7. The number of piperazine rings is 1. The molecule has 220 valence electrons. The molecule has 0 aliphatic carbocycles. The molecule has 3 heterocycles. The van der Waals surface area contributed by atoms with E-state index >= 15 is 0 Å². The van der Waals surface area contributed by atoms with Crippen LogP contribution in [-0.4, -0.2) is 99.1 Å². The van der Waals surface area contributed by atoms with Gasteiger partial charge < -0.3 is 34.8 Å². The molecule has 2 aliphatic rings. The minimum absolute atomic E-state index is 0.0294. The van der Waals surface area contributed by atoms with Crippen LogP contribution in [0, 0.1) is 0 Å². The number of pyridine rings is 1. The van der Waals surface area contributed by atoms with Gasteiger partial charge in [0.2, 0.25) is 0 Å². The first-order valence-electron chi connectivity index (χ1n) is 14.1. The minimum Gasteiger partial charge on any atom is -0.493 e. The van der Waals surface area contributed by atoms with Gasteiger partial charge in [0.05, 0.1) is 25.6 Å². The summed E-state index contributed by atoms with van der Waals surface area (Å²) in [5.41, 5.74) is 2.83. The van der Waals surface area contributed by atoms with E-state index in [-0.39, 0.29) is 17.7 Å². The van der Waals surface area contributed by atoms with Gasteiger partial charge >= 0.3 is 0 Å². The largest absolute Gasteiger partial charge is 0.493 e. The zero-order valence-electron chi connectivity index (χ0n) is 24.0. The molecule has 2 aliphatic heterocycles. The Morgan fingerprint density at radius 1 is 0.738 bits per heavy atom. The van der Waals surface area contributed by atoms with Gasteiger partial charge in [-0.15, -0.1) is 0 Å². The Kier molecular flexibility index (Phi) is 9.18. The Morgan fingerprint density at radius 2 is 1.43 bits per heavy atom. The van der Waals surface area contributed by atoms with Crippen LogP contribution >= 0.6 is 0 Å². The highest BCUT2D eigenvalue weighted by Crippen LogP contribution is 2.31. The van der Waals surface area contributed by atoms with Crippen LogP contribution in [0.25, 0.3) is 0 Å². The number of aromatic nitrogens is 1. The first kappa shape index (κ1) is 28.9. The molecule has 1 aromatic heterocycles. The topological polar surface area (TPSA) is 116 Å². The fraction of sp³-hybridized carbons (Fsp3) is 0.355. The molecule has 0 saturated carbocycles. The lowest BCUT2D eigenvalue weighted by Gasteiger charge is -2.29. The Hall–Kier alpha value is -4.64. The van der Waals surface area contributed by atoms with Crippen molar-refractivity contribution in [3.8, 4) is 11.5 Å². The van der Waals surface area contributed by atoms with Crippen LogP contribution in [0.1, 0.15) is 37.5 Å². The van der Waals surface area contributed by atoms with Crippen LogP contribution in [-0.2, 0) is 0 Å². The van der Waals surface area contributed by atoms with Crippen LogP contribution in [0.4, 0.5) is 11.4 Å². The monoisotopic (exact) mass is 572 g/mol. The van der Waals surface area contributed by atoms with Gasteiger partial charge in [-0.2, -0.15) is 0 Å². The predicted molar refractivity (Wildman–Crippen MR) is 160 cm³/mol. The second-order valence-electron chi connectivity index (χ2n) is 10.2. The van der Waals surface area contributed by atoms with Gasteiger partial charge in [-0.05, 0) is 55.0 Å². The fourth-order valence-corrected chi connectivity index (χ4v) is 5.31. The number of nitrogens with zero attached hydrogens (tertiary/aromatic N) is 4. The number of hydrogen-bond donors (Lipinski definition) is 2. The standard InChI is InChI=1S/C31H36N6O5/c1-41-27-7-5-23(21-28(27)42-2)29(38)34-25-20-24(31(40)37-16-12-33-13-17-37)4-6-26(25)35-14-3-15-36(19-18-35)30(39)22-8-10-32-11-9-22/h4-11,20-21,33H,3,12-19H2,1-2H3,(H,34,38). The van der Waals surface area contributed by atoms with E-state index in [2.05, 4.69) is 20.5 Å². The second kappa shape index (κ2) is 13.3. The summed E-state index contributed by atoms with van der Waals surface area (Å²) >= 11 is 0. The maximum atomic E-state index is 13.5. The van der Waals surface area contributed by atoms with Crippen molar-refractivity contribution in [2.75, 3.05) is 76.8 Å². The molecule has 2 fully saturated rings. The molecule has 2 saturated heterocycles. The van der Waals surface area contributed by atoms with E-state index < -0.39 is 0 Å². The number of methoxy groups -OCH3 is 2. The van der Waals surface area contributed by atoms with Crippen molar-refractivity contribution in [2.45, 2.75) is 6.42 Å². The van der Waals surface area contributed by atoms with Crippen LogP contribution < -0.4 is 25.0 Å². The van der Waals surface area contributed by atoms with Crippen LogP contribution in [0.2, 0.25) is 0 Å². The average Bonchev–Trinajstić information content (AvgIpc) is 3.31. The lowest BCUT2D eigenvalue weighted by atomic mass is 10.1. The van der Waals surface area contributed by atoms with Crippen molar-refractivity contribution in [1.29, 1.82) is 0 Å². The molecule has 0 atom stereocenters. The summed E-state index contributed by atoms with van der Waals surface area (Å²) in [5.74, 6) is 0.523. The number of nitrogens with one attached hydrogen (secondary N) is 2. The molecule has 3 amide bonds. The van der Waals surface area contributed by atoms with Gasteiger partial charge in [0.1, 0.15) is 0 Å². The third-order valence-electron chi connectivity index (χ3n) is 7.59. The van der Waals surface area contributed by atoms with E-state index in [4.69, 9.17) is 9.47 Å². The van der Waals surface area contributed by atoms with Crippen molar-refractivity contribution >= 4 is 29.1 Å². The molecule has 2 aromatic carbocycles. The first-order chi connectivity index (χ1) is 20.5. The number of carbonyl (C=O) groups excluding carboxylic acids is 3. The summed E-state index contributed by atoms with van der Waals surface area (Å²) in [6.07, 6.45) is 3.99. The zero-order valence-corrected chi connectivity index (χ0v) is 24.0. The predicted octanol–water partition coefficient (Wildman–Crippen LogP) is 2.75. The molecule has 5 rings (SSSR count). The first-order valence-corrected chi connectivity index (χ1v) is 14.1. The quantitative estimate of drug-likeness (QED) is 0.444. The average molecular weight is 573 g/mol. The Labute approximate surface area is 245 Å². The van der Waals surface area contributed by atoms with Crippen molar-refractivity contribution in [2.24, 2.45) is 0 Å². The number of ether oxygens (including phenoxy) is 2. The molecule has 42 heavy (non-hydrogen) atoms. The van der Waals surface area contributed by atoms with Crippen molar-refractivity contribution in [3.63, 3.8) is 0 Å². The summed E-state index contributed by atoms with van der Waals surface area (Å²) in [6, 6.07) is 13.9. The van der Waals surface area contributed by atoms with Gasteiger partial charge in [-0.3, -0.25) is 19.4 Å². The van der Waals surface area contributed by atoms with Gasteiger partial charge in [0.25, 0.3) is 17.7 Å². The summed E-state index contributed by atoms with van der Waals surface area (Å²) in [7, 11) is 3.06. The van der Waals surface area contributed by atoms with E-state index in [1.807, 2.05) is 21.9 Å². The van der Waals surface area contributed by atoms with Crippen LogP contribution in [0.3, 0.4) is 0 Å². The number of amides is 3. The van der Waals surface area contributed by atoms with Crippen molar-refractivity contribution < 1.29 is 23.9 Å². The normalized spacial score (nSPS) is 15.5.